The van der Waals surface area contributed by atoms with E-state index in [0.29, 0.717) is 6.61 Å². The molecule has 0 aromatic carbocycles. The van der Waals surface area contributed by atoms with Gasteiger partial charge in [-0.15, -0.1) is 0 Å². The van der Waals surface area contributed by atoms with Crippen molar-refractivity contribution in [3.05, 3.63) is 12.2 Å². The third-order valence-corrected chi connectivity index (χ3v) is 1.85. The summed E-state index contributed by atoms with van der Waals surface area (Å²) in [5.74, 6) is 0.153. The van der Waals surface area contributed by atoms with Crippen LogP contribution >= 0.6 is 0 Å². The van der Waals surface area contributed by atoms with Gasteiger partial charge in [-0.25, -0.2) is 0 Å². The molecule has 0 aromatic heterocycles. The molecule has 0 aromatic rings. The Morgan fingerprint density at radius 1 is 1.55 bits per heavy atom. The molecule has 0 unspecified atom stereocenters. The summed E-state index contributed by atoms with van der Waals surface area (Å²) >= 11 is 0. The van der Waals surface area contributed by atoms with Crippen molar-refractivity contribution in [1.29, 1.82) is 0 Å². The topological polar surface area (TPSA) is 46.5 Å². The van der Waals surface area contributed by atoms with Crippen LogP contribution < -0.4 is 0 Å². The molecule has 0 fully saturated rings. The average molecular weight is 156 g/mol. The first-order valence-electron chi connectivity index (χ1n) is 3.66. The number of hydrogen-bond donors (Lipinski definition) is 1. The van der Waals surface area contributed by atoms with Crippen LogP contribution in [0, 0.1) is 11.8 Å². The highest BCUT2D eigenvalue weighted by Gasteiger charge is 2.23. The Balaban J connectivity index is 2.19. The minimum atomic E-state index is -0.262. The van der Waals surface area contributed by atoms with Crippen LogP contribution in [0.15, 0.2) is 12.2 Å². The fourth-order valence-corrected chi connectivity index (χ4v) is 1.01. The van der Waals surface area contributed by atoms with Gasteiger partial charge in [0.05, 0.1) is 13.2 Å². The maximum atomic E-state index is 10.4. The van der Waals surface area contributed by atoms with Crippen molar-refractivity contribution < 1.29 is 14.6 Å². The summed E-state index contributed by atoms with van der Waals surface area (Å²) in [6, 6.07) is 0. The molecule has 62 valence electrons. The lowest BCUT2D eigenvalue weighted by atomic mass is 9.83. The van der Waals surface area contributed by atoms with Gasteiger partial charge in [-0.3, -0.25) is 4.79 Å². The highest BCUT2D eigenvalue weighted by Crippen LogP contribution is 2.24. The van der Waals surface area contributed by atoms with Crippen LogP contribution in [0.3, 0.4) is 0 Å². The van der Waals surface area contributed by atoms with E-state index in [-0.39, 0.29) is 24.4 Å². The maximum Gasteiger partial charge on any atom is 0.302 e. The molecule has 0 radical (unpaired) electrons. The largest absolute Gasteiger partial charge is 0.465 e. The lowest BCUT2D eigenvalue weighted by Crippen LogP contribution is -2.27. The van der Waals surface area contributed by atoms with E-state index < -0.39 is 0 Å². The average Bonchev–Trinajstić information content (AvgIpc) is 1.86. The summed E-state index contributed by atoms with van der Waals surface area (Å²) in [4.78, 5) is 10.4. The molecule has 1 N–H and O–H groups in total. The van der Waals surface area contributed by atoms with E-state index in [2.05, 4.69) is 0 Å². The molecule has 0 saturated heterocycles. The molecule has 0 amide bonds. The summed E-state index contributed by atoms with van der Waals surface area (Å²) < 4.78 is 4.78. The van der Waals surface area contributed by atoms with E-state index >= 15 is 0 Å². The Morgan fingerprint density at radius 2 is 2.18 bits per heavy atom. The molecule has 0 heterocycles. The fraction of sp³-hybridized carbons (Fsp3) is 0.625. The van der Waals surface area contributed by atoms with E-state index in [9.17, 15) is 4.79 Å². The van der Waals surface area contributed by atoms with Crippen LogP contribution in [0.25, 0.3) is 0 Å². The molecular formula is C8H12O3. The Bertz CT molecular complexity index is 174. The summed E-state index contributed by atoms with van der Waals surface area (Å²) in [7, 11) is 0. The number of esters is 1. The zero-order chi connectivity index (χ0) is 8.27. The van der Waals surface area contributed by atoms with Crippen molar-refractivity contribution >= 4 is 5.97 Å². The van der Waals surface area contributed by atoms with E-state index in [1.165, 1.54) is 6.92 Å². The van der Waals surface area contributed by atoms with Crippen molar-refractivity contribution in [1.82, 2.24) is 0 Å². The first-order valence-corrected chi connectivity index (χ1v) is 3.66. The van der Waals surface area contributed by atoms with Crippen molar-refractivity contribution in [3.8, 4) is 0 Å². The molecule has 3 heteroatoms. The number of carbonyl (C=O) groups is 1. The summed E-state index contributed by atoms with van der Waals surface area (Å²) in [6.45, 7) is 1.93. The van der Waals surface area contributed by atoms with Crippen molar-refractivity contribution in [2.24, 2.45) is 11.8 Å². The Morgan fingerprint density at radius 3 is 2.55 bits per heavy atom. The molecule has 11 heavy (non-hydrogen) atoms. The third-order valence-electron chi connectivity index (χ3n) is 1.85. The zero-order valence-electron chi connectivity index (χ0n) is 6.49. The van der Waals surface area contributed by atoms with Gasteiger partial charge in [-0.2, -0.15) is 0 Å². The van der Waals surface area contributed by atoms with Crippen LogP contribution in [0.1, 0.15) is 6.92 Å². The highest BCUT2D eigenvalue weighted by molar-refractivity contribution is 5.65. The van der Waals surface area contributed by atoms with Crippen LogP contribution in [0.2, 0.25) is 0 Å². The van der Waals surface area contributed by atoms with Gasteiger partial charge in [0.25, 0.3) is 0 Å². The summed E-state index contributed by atoms with van der Waals surface area (Å²) in [6.07, 6.45) is 3.87. The van der Waals surface area contributed by atoms with Gasteiger partial charge in [-0.05, 0) is 0 Å². The van der Waals surface area contributed by atoms with Crippen molar-refractivity contribution in [2.45, 2.75) is 6.92 Å². The summed E-state index contributed by atoms with van der Waals surface area (Å²) in [5, 5.41) is 8.73. The predicted octanol–water partition coefficient (Wildman–Crippen LogP) is 0.344. The van der Waals surface area contributed by atoms with E-state index in [0.717, 1.165) is 0 Å². The number of ether oxygens (including phenoxy) is 1. The molecule has 1 aliphatic carbocycles. The normalized spacial score (nSPS) is 27.8. The van der Waals surface area contributed by atoms with Gasteiger partial charge in [-0.1, -0.05) is 12.2 Å². The molecule has 3 nitrogen and oxygen atoms in total. The van der Waals surface area contributed by atoms with Crippen LogP contribution in [-0.4, -0.2) is 24.3 Å². The molecule has 1 rings (SSSR count). The third kappa shape index (κ3) is 2.05. The lowest BCUT2D eigenvalue weighted by molar-refractivity contribution is -0.142. The van der Waals surface area contributed by atoms with Gasteiger partial charge in [0, 0.05) is 18.8 Å². The van der Waals surface area contributed by atoms with Gasteiger partial charge in [0.2, 0.25) is 0 Å². The van der Waals surface area contributed by atoms with E-state index in [1.807, 2.05) is 12.2 Å². The second kappa shape index (κ2) is 3.53. The molecule has 0 aliphatic heterocycles. The highest BCUT2D eigenvalue weighted by atomic mass is 16.5. The Labute approximate surface area is 65.7 Å². The van der Waals surface area contributed by atoms with Crippen molar-refractivity contribution in [3.63, 3.8) is 0 Å². The minimum Gasteiger partial charge on any atom is -0.465 e. The molecule has 1 aliphatic rings. The monoisotopic (exact) mass is 156 g/mol. The number of carbonyl (C=O) groups excluding carboxylic acids is 1. The molecule has 0 spiro atoms. The second-order valence-electron chi connectivity index (χ2n) is 2.70. The zero-order valence-corrected chi connectivity index (χ0v) is 6.49. The van der Waals surface area contributed by atoms with Crippen molar-refractivity contribution in [2.75, 3.05) is 13.2 Å². The maximum absolute atomic E-state index is 10.4. The van der Waals surface area contributed by atoms with Crippen LogP contribution in [0.5, 0.6) is 0 Å². The molecule has 0 bridgehead atoms. The predicted molar refractivity (Wildman–Crippen MR) is 39.8 cm³/mol. The number of aliphatic hydroxyl groups is 1. The quantitative estimate of drug-likeness (QED) is 0.473. The van der Waals surface area contributed by atoms with Crippen LogP contribution in [0.4, 0.5) is 0 Å². The lowest BCUT2D eigenvalue weighted by Gasteiger charge is -2.26. The van der Waals surface area contributed by atoms with E-state index in [1.54, 1.807) is 0 Å². The SMILES string of the molecule is CC(=O)OC[C@H]1C=C[C@H]1CO. The Kier molecular flexibility index (Phi) is 2.65. The van der Waals surface area contributed by atoms with Gasteiger partial charge in [0.1, 0.15) is 0 Å². The molecule has 0 saturated carbocycles. The number of rotatable bonds is 3. The first kappa shape index (κ1) is 8.27. The summed E-state index contributed by atoms with van der Waals surface area (Å²) in [5.41, 5.74) is 0. The first-order chi connectivity index (χ1) is 5.24. The number of aliphatic hydroxyl groups excluding tert-OH is 1. The van der Waals surface area contributed by atoms with Gasteiger partial charge < -0.3 is 9.84 Å². The molecular weight excluding hydrogens is 144 g/mol. The number of hydrogen-bond acceptors (Lipinski definition) is 3. The van der Waals surface area contributed by atoms with Gasteiger partial charge in [0.15, 0.2) is 0 Å². The Hall–Kier alpha value is -0.830. The standard InChI is InChI=1S/C8H12O3/c1-6(10)11-5-8-3-2-7(8)4-9/h2-3,7-9H,4-5H2,1H3/t7-,8+/m0/s1. The fourth-order valence-electron chi connectivity index (χ4n) is 1.01. The smallest absolute Gasteiger partial charge is 0.302 e. The second-order valence-corrected chi connectivity index (χ2v) is 2.70. The van der Waals surface area contributed by atoms with Crippen LogP contribution in [-0.2, 0) is 9.53 Å². The molecule has 2 atom stereocenters. The van der Waals surface area contributed by atoms with E-state index in [4.69, 9.17) is 9.84 Å². The van der Waals surface area contributed by atoms with Gasteiger partial charge >= 0.3 is 5.97 Å². The minimum absolute atomic E-state index is 0.141.